The second-order valence-corrected chi connectivity index (χ2v) is 9.07. The molecule has 1 aliphatic carbocycles. The Hall–Kier alpha value is -3.69. The fourth-order valence-corrected chi connectivity index (χ4v) is 4.90. The Kier molecular flexibility index (Phi) is 4.89. The van der Waals surface area contributed by atoms with Crippen LogP contribution < -0.4 is 4.74 Å². The number of fused-ring (bicyclic) bond motifs is 3. The Labute approximate surface area is 199 Å². The molecule has 2 aliphatic rings. The van der Waals surface area contributed by atoms with Crippen LogP contribution in [0.4, 0.5) is 8.78 Å². The van der Waals surface area contributed by atoms with E-state index in [1.54, 1.807) is 6.07 Å². The number of hydrogen-bond donors (Lipinski definition) is 0. The van der Waals surface area contributed by atoms with Crippen molar-refractivity contribution in [1.29, 1.82) is 5.26 Å². The normalized spacial score (nSPS) is 16.3. The third kappa shape index (κ3) is 3.44. The largest absolute Gasteiger partial charge is 0.488 e. The summed E-state index contributed by atoms with van der Waals surface area (Å²) < 4.78 is 36.5. The lowest BCUT2D eigenvalue weighted by atomic mass is 9.91. The summed E-state index contributed by atoms with van der Waals surface area (Å²) >= 11 is 6.40. The number of rotatable bonds is 3. The molecule has 34 heavy (non-hydrogen) atoms. The molecular weight excluding hydrogens is 456 g/mol. The van der Waals surface area contributed by atoms with E-state index in [-0.39, 0.29) is 17.9 Å². The SMILES string of the molecule is N#CC(F)=C1c2ccc(Cc3c(C4CC4)nc4c(Cl)cccn34)cc2COc2cc(F)ccc21. The third-order valence-corrected chi connectivity index (χ3v) is 6.72. The average Bonchev–Trinajstić information content (AvgIpc) is 3.63. The van der Waals surface area contributed by atoms with Gasteiger partial charge in [-0.3, -0.25) is 0 Å². The fraction of sp³-hybridized carbons (Fsp3) is 0.185. The lowest BCUT2D eigenvalue weighted by molar-refractivity contribution is 0.305. The highest BCUT2D eigenvalue weighted by atomic mass is 35.5. The van der Waals surface area contributed by atoms with Crippen LogP contribution in [0.1, 0.15) is 52.4 Å². The molecule has 0 bridgehead atoms. The van der Waals surface area contributed by atoms with E-state index in [1.165, 1.54) is 18.2 Å². The minimum atomic E-state index is -0.931. The van der Waals surface area contributed by atoms with E-state index in [1.807, 2.05) is 40.9 Å². The van der Waals surface area contributed by atoms with E-state index in [0.717, 1.165) is 41.0 Å². The summed E-state index contributed by atoms with van der Waals surface area (Å²) in [5.41, 5.74) is 5.68. The van der Waals surface area contributed by atoms with Crippen LogP contribution in [-0.2, 0) is 13.0 Å². The molecular formula is C27H18ClF2N3O. The van der Waals surface area contributed by atoms with Gasteiger partial charge in [0, 0.05) is 35.7 Å². The summed E-state index contributed by atoms with van der Waals surface area (Å²) in [5, 5.41) is 9.91. The number of benzene rings is 2. The second kappa shape index (κ2) is 7.96. The molecule has 3 heterocycles. The Balaban J connectivity index is 1.45. The number of pyridine rings is 1. The first kappa shape index (κ1) is 20.9. The highest BCUT2D eigenvalue weighted by molar-refractivity contribution is 6.33. The molecule has 0 amide bonds. The van der Waals surface area contributed by atoms with Gasteiger partial charge in [-0.05, 0) is 53.8 Å². The summed E-state index contributed by atoms with van der Waals surface area (Å²) in [5.74, 6) is -0.759. The number of aromatic nitrogens is 2. The van der Waals surface area contributed by atoms with Crippen molar-refractivity contribution in [2.24, 2.45) is 0 Å². The van der Waals surface area contributed by atoms with Gasteiger partial charge in [0.15, 0.2) is 5.65 Å². The molecule has 0 unspecified atom stereocenters. The molecule has 0 N–H and O–H groups in total. The van der Waals surface area contributed by atoms with Crippen molar-refractivity contribution in [1.82, 2.24) is 9.38 Å². The van der Waals surface area contributed by atoms with Gasteiger partial charge in [-0.1, -0.05) is 29.8 Å². The molecule has 1 fully saturated rings. The van der Waals surface area contributed by atoms with Crippen molar-refractivity contribution >= 4 is 22.8 Å². The number of imidazole rings is 1. The minimum Gasteiger partial charge on any atom is -0.488 e. The van der Waals surface area contributed by atoms with Gasteiger partial charge in [-0.25, -0.2) is 9.37 Å². The van der Waals surface area contributed by atoms with E-state index < -0.39 is 11.6 Å². The van der Waals surface area contributed by atoms with Crippen LogP contribution in [-0.4, -0.2) is 9.38 Å². The van der Waals surface area contributed by atoms with Crippen LogP contribution in [0.2, 0.25) is 5.02 Å². The zero-order valence-electron chi connectivity index (χ0n) is 18.0. The van der Waals surface area contributed by atoms with Gasteiger partial charge in [0.2, 0.25) is 5.83 Å². The lowest BCUT2D eigenvalue weighted by Crippen LogP contribution is -2.02. The van der Waals surface area contributed by atoms with Gasteiger partial charge in [-0.15, -0.1) is 0 Å². The predicted octanol–water partition coefficient (Wildman–Crippen LogP) is 6.74. The van der Waals surface area contributed by atoms with Gasteiger partial charge < -0.3 is 9.14 Å². The summed E-state index contributed by atoms with van der Waals surface area (Å²) in [6.45, 7) is 0.135. The van der Waals surface area contributed by atoms with Crippen molar-refractivity contribution in [2.75, 3.05) is 0 Å². The van der Waals surface area contributed by atoms with Crippen LogP contribution >= 0.6 is 11.6 Å². The topological polar surface area (TPSA) is 50.3 Å². The van der Waals surface area contributed by atoms with Crippen molar-refractivity contribution in [2.45, 2.75) is 31.8 Å². The highest BCUT2D eigenvalue weighted by Gasteiger charge is 2.31. The zero-order chi connectivity index (χ0) is 23.4. The van der Waals surface area contributed by atoms with Crippen molar-refractivity contribution in [3.8, 4) is 11.8 Å². The van der Waals surface area contributed by atoms with Crippen molar-refractivity contribution < 1.29 is 13.5 Å². The first-order valence-electron chi connectivity index (χ1n) is 11.0. The van der Waals surface area contributed by atoms with Crippen LogP contribution in [0.15, 0.2) is 60.6 Å². The number of nitrogens with zero attached hydrogens (tertiary/aromatic N) is 3. The molecule has 2 aromatic carbocycles. The van der Waals surface area contributed by atoms with Crippen LogP contribution in [0.3, 0.4) is 0 Å². The van der Waals surface area contributed by atoms with E-state index in [2.05, 4.69) is 0 Å². The molecule has 0 radical (unpaired) electrons. The van der Waals surface area contributed by atoms with E-state index in [0.29, 0.717) is 28.5 Å². The number of hydrogen-bond acceptors (Lipinski definition) is 3. The molecule has 6 rings (SSSR count). The first-order valence-corrected chi connectivity index (χ1v) is 11.4. The number of ether oxygens (including phenoxy) is 1. The maximum atomic E-state index is 14.8. The molecule has 1 aliphatic heterocycles. The quantitative estimate of drug-likeness (QED) is 0.309. The highest BCUT2D eigenvalue weighted by Crippen LogP contribution is 2.43. The maximum Gasteiger partial charge on any atom is 0.208 e. The second-order valence-electron chi connectivity index (χ2n) is 8.67. The Morgan fingerprint density at radius 3 is 2.79 bits per heavy atom. The van der Waals surface area contributed by atoms with Gasteiger partial charge in [0.05, 0.1) is 16.4 Å². The average molecular weight is 474 g/mol. The Bertz CT molecular complexity index is 1550. The molecule has 4 nitrogen and oxygen atoms in total. The van der Waals surface area contributed by atoms with Crippen molar-refractivity contribution in [3.05, 3.63) is 105 Å². The molecule has 168 valence electrons. The monoisotopic (exact) mass is 473 g/mol. The van der Waals surface area contributed by atoms with Gasteiger partial charge >= 0.3 is 0 Å². The smallest absolute Gasteiger partial charge is 0.208 e. The zero-order valence-corrected chi connectivity index (χ0v) is 18.7. The number of allylic oxidation sites excluding steroid dienone is 1. The maximum absolute atomic E-state index is 14.8. The molecule has 2 aromatic heterocycles. The Morgan fingerprint density at radius 1 is 1.18 bits per heavy atom. The van der Waals surface area contributed by atoms with Gasteiger partial charge in [0.25, 0.3) is 0 Å². The van der Waals surface area contributed by atoms with E-state index in [4.69, 9.17) is 21.3 Å². The first-order chi connectivity index (χ1) is 16.5. The summed E-state index contributed by atoms with van der Waals surface area (Å²) in [6, 6.07) is 14.9. The Morgan fingerprint density at radius 2 is 2.00 bits per heavy atom. The number of nitriles is 1. The van der Waals surface area contributed by atoms with E-state index in [9.17, 15) is 14.0 Å². The van der Waals surface area contributed by atoms with Crippen molar-refractivity contribution in [3.63, 3.8) is 0 Å². The minimum absolute atomic E-state index is 0.122. The van der Waals surface area contributed by atoms with Gasteiger partial charge in [-0.2, -0.15) is 9.65 Å². The molecule has 7 heteroatoms. The number of halogens is 3. The lowest BCUT2D eigenvalue weighted by Gasteiger charge is -2.12. The van der Waals surface area contributed by atoms with Gasteiger partial charge in [0.1, 0.15) is 24.2 Å². The molecule has 0 saturated heterocycles. The molecule has 0 spiro atoms. The molecule has 0 atom stereocenters. The van der Waals surface area contributed by atoms with Crippen LogP contribution in [0.25, 0.3) is 11.2 Å². The van der Waals surface area contributed by atoms with E-state index >= 15 is 0 Å². The summed E-state index contributed by atoms with van der Waals surface area (Å²) in [6.07, 6.45) is 4.81. The predicted molar refractivity (Wildman–Crippen MR) is 125 cm³/mol. The standard InChI is InChI=1S/C27H18ClF2N3O/c28-21-2-1-9-33-23(26(16-4-5-16)32-27(21)33)11-15-3-7-19-17(10-15)14-34-24-12-18(29)6-8-20(24)25(19)22(30)13-31/h1-3,6-10,12,16H,4-5,11,14H2. The molecule has 1 saturated carbocycles. The van der Waals surface area contributed by atoms with Crippen LogP contribution in [0, 0.1) is 17.1 Å². The summed E-state index contributed by atoms with van der Waals surface area (Å²) in [4.78, 5) is 4.83. The third-order valence-electron chi connectivity index (χ3n) is 6.42. The summed E-state index contributed by atoms with van der Waals surface area (Å²) in [7, 11) is 0. The molecule has 4 aromatic rings. The fourth-order valence-electron chi connectivity index (χ4n) is 4.69. The van der Waals surface area contributed by atoms with Crippen LogP contribution in [0.5, 0.6) is 5.75 Å².